The van der Waals surface area contributed by atoms with Crippen molar-refractivity contribution < 1.29 is 5.11 Å². The Labute approximate surface area is 81.9 Å². The van der Waals surface area contributed by atoms with Crippen molar-refractivity contribution in [3.63, 3.8) is 0 Å². The van der Waals surface area contributed by atoms with Crippen molar-refractivity contribution in [2.75, 3.05) is 13.2 Å². The summed E-state index contributed by atoms with van der Waals surface area (Å²) in [5.74, 6) is 0. The van der Waals surface area contributed by atoms with Crippen molar-refractivity contribution in [2.45, 2.75) is 58.0 Å². The SMILES string of the molecule is CC.OCC1CC[C@H]2CCCCN12. The first-order valence-electron chi connectivity index (χ1n) is 5.78. The van der Waals surface area contributed by atoms with Crippen LogP contribution in [-0.2, 0) is 0 Å². The molecule has 0 bridgehead atoms. The molecule has 0 aromatic rings. The van der Waals surface area contributed by atoms with Crippen LogP contribution in [0.15, 0.2) is 0 Å². The summed E-state index contributed by atoms with van der Waals surface area (Å²) in [5, 5.41) is 9.06. The predicted molar refractivity (Wildman–Crippen MR) is 55.8 cm³/mol. The van der Waals surface area contributed by atoms with E-state index in [0.29, 0.717) is 12.6 Å². The van der Waals surface area contributed by atoms with Crippen LogP contribution in [0, 0.1) is 0 Å². The quantitative estimate of drug-likeness (QED) is 0.675. The lowest BCUT2D eigenvalue weighted by Crippen LogP contribution is -2.41. The van der Waals surface area contributed by atoms with Gasteiger partial charge >= 0.3 is 0 Å². The third-order valence-corrected chi connectivity index (χ3v) is 3.19. The predicted octanol–water partition coefficient (Wildman–Crippen LogP) is 2.02. The summed E-state index contributed by atoms with van der Waals surface area (Å²) in [6.07, 6.45) is 6.66. The fraction of sp³-hybridized carbons (Fsp3) is 1.00. The Morgan fingerprint density at radius 2 is 1.92 bits per heavy atom. The van der Waals surface area contributed by atoms with Crippen LogP contribution in [-0.4, -0.2) is 35.2 Å². The number of piperidine rings is 1. The van der Waals surface area contributed by atoms with E-state index < -0.39 is 0 Å². The second kappa shape index (κ2) is 5.61. The van der Waals surface area contributed by atoms with Gasteiger partial charge in [0.15, 0.2) is 0 Å². The zero-order valence-electron chi connectivity index (χ0n) is 9.00. The summed E-state index contributed by atoms with van der Waals surface area (Å²) in [7, 11) is 0. The average Bonchev–Trinajstić information content (AvgIpc) is 2.64. The standard InChI is InChI=1S/C9H17NO.C2H6/c11-7-9-5-4-8-3-1-2-6-10(8)9;1-2/h8-9,11H,1-7H2;1-2H3/t8-,9?;/m1./s1. The molecule has 2 aliphatic rings. The van der Waals surface area contributed by atoms with Gasteiger partial charge in [0.1, 0.15) is 0 Å². The zero-order valence-corrected chi connectivity index (χ0v) is 9.00. The van der Waals surface area contributed by atoms with Crippen LogP contribution in [0.1, 0.15) is 46.0 Å². The molecule has 0 aliphatic carbocycles. The zero-order chi connectivity index (χ0) is 9.68. The van der Waals surface area contributed by atoms with Gasteiger partial charge < -0.3 is 5.11 Å². The van der Waals surface area contributed by atoms with E-state index in [0.717, 1.165) is 6.04 Å². The minimum Gasteiger partial charge on any atom is -0.395 e. The van der Waals surface area contributed by atoms with E-state index in [1.807, 2.05) is 13.8 Å². The van der Waals surface area contributed by atoms with Gasteiger partial charge in [-0.3, -0.25) is 4.90 Å². The minimum atomic E-state index is 0.372. The Morgan fingerprint density at radius 1 is 1.15 bits per heavy atom. The van der Waals surface area contributed by atoms with Crippen LogP contribution in [0.2, 0.25) is 0 Å². The molecular formula is C11H23NO. The highest BCUT2D eigenvalue weighted by Crippen LogP contribution is 2.30. The molecule has 0 aromatic heterocycles. The minimum absolute atomic E-state index is 0.372. The molecule has 2 rings (SSSR count). The van der Waals surface area contributed by atoms with E-state index in [4.69, 9.17) is 5.11 Å². The normalized spacial score (nSPS) is 33.5. The Bertz CT molecular complexity index is 132. The van der Waals surface area contributed by atoms with Crippen LogP contribution in [0.25, 0.3) is 0 Å². The van der Waals surface area contributed by atoms with E-state index in [9.17, 15) is 0 Å². The molecule has 2 saturated heterocycles. The highest BCUT2D eigenvalue weighted by molar-refractivity contribution is 4.89. The average molecular weight is 185 g/mol. The second-order valence-corrected chi connectivity index (χ2v) is 3.80. The molecule has 13 heavy (non-hydrogen) atoms. The van der Waals surface area contributed by atoms with E-state index in [-0.39, 0.29) is 0 Å². The van der Waals surface area contributed by atoms with Gasteiger partial charge in [-0.25, -0.2) is 0 Å². The first-order chi connectivity index (χ1) is 6.42. The van der Waals surface area contributed by atoms with Crippen molar-refractivity contribution in [3.8, 4) is 0 Å². The Morgan fingerprint density at radius 3 is 2.62 bits per heavy atom. The molecule has 2 nitrogen and oxygen atoms in total. The Hall–Kier alpha value is -0.0800. The molecular weight excluding hydrogens is 162 g/mol. The van der Waals surface area contributed by atoms with E-state index in [1.165, 1.54) is 38.6 Å². The van der Waals surface area contributed by atoms with E-state index in [2.05, 4.69) is 4.90 Å². The van der Waals surface area contributed by atoms with Crippen LogP contribution in [0.5, 0.6) is 0 Å². The molecule has 2 aliphatic heterocycles. The van der Waals surface area contributed by atoms with Gasteiger partial charge in [-0.15, -0.1) is 0 Å². The molecule has 0 spiro atoms. The maximum absolute atomic E-state index is 9.06. The van der Waals surface area contributed by atoms with Crippen LogP contribution < -0.4 is 0 Å². The maximum atomic E-state index is 9.06. The van der Waals surface area contributed by atoms with Gasteiger partial charge in [-0.05, 0) is 32.2 Å². The summed E-state index contributed by atoms with van der Waals surface area (Å²) in [6, 6.07) is 1.32. The Kier molecular flexibility index (Phi) is 4.74. The molecule has 2 heterocycles. The lowest BCUT2D eigenvalue weighted by atomic mass is 10.0. The number of aliphatic hydroxyl groups excluding tert-OH is 1. The number of nitrogens with zero attached hydrogens (tertiary/aromatic N) is 1. The van der Waals surface area contributed by atoms with Gasteiger partial charge in [0, 0.05) is 12.1 Å². The molecule has 0 amide bonds. The van der Waals surface area contributed by atoms with Gasteiger partial charge in [0.2, 0.25) is 0 Å². The lowest BCUT2D eigenvalue weighted by molar-refractivity contribution is 0.104. The maximum Gasteiger partial charge on any atom is 0.0586 e. The molecule has 2 heteroatoms. The number of fused-ring (bicyclic) bond motifs is 1. The molecule has 78 valence electrons. The van der Waals surface area contributed by atoms with E-state index in [1.54, 1.807) is 0 Å². The van der Waals surface area contributed by atoms with Crippen molar-refractivity contribution in [1.82, 2.24) is 4.90 Å². The second-order valence-electron chi connectivity index (χ2n) is 3.80. The first-order valence-corrected chi connectivity index (χ1v) is 5.78. The fourth-order valence-corrected chi connectivity index (χ4v) is 2.56. The fourth-order valence-electron chi connectivity index (χ4n) is 2.56. The van der Waals surface area contributed by atoms with Gasteiger partial charge in [0.05, 0.1) is 6.61 Å². The topological polar surface area (TPSA) is 23.5 Å². The van der Waals surface area contributed by atoms with Gasteiger partial charge in [-0.2, -0.15) is 0 Å². The number of hydrogen-bond acceptors (Lipinski definition) is 2. The molecule has 2 fully saturated rings. The van der Waals surface area contributed by atoms with Crippen LogP contribution in [0.4, 0.5) is 0 Å². The summed E-state index contributed by atoms with van der Waals surface area (Å²) >= 11 is 0. The summed E-state index contributed by atoms with van der Waals surface area (Å²) in [6.45, 7) is 5.60. The summed E-state index contributed by atoms with van der Waals surface area (Å²) in [4.78, 5) is 2.52. The third-order valence-electron chi connectivity index (χ3n) is 3.19. The highest BCUT2D eigenvalue weighted by Gasteiger charge is 2.33. The molecule has 1 N–H and O–H groups in total. The van der Waals surface area contributed by atoms with Crippen molar-refractivity contribution in [1.29, 1.82) is 0 Å². The highest BCUT2D eigenvalue weighted by atomic mass is 16.3. The van der Waals surface area contributed by atoms with Crippen molar-refractivity contribution in [3.05, 3.63) is 0 Å². The van der Waals surface area contributed by atoms with Gasteiger partial charge in [0.25, 0.3) is 0 Å². The third kappa shape index (κ3) is 2.44. The number of aliphatic hydroxyl groups is 1. The molecule has 0 radical (unpaired) electrons. The molecule has 0 aromatic carbocycles. The smallest absolute Gasteiger partial charge is 0.0586 e. The van der Waals surface area contributed by atoms with Crippen LogP contribution in [0.3, 0.4) is 0 Å². The molecule has 0 saturated carbocycles. The number of rotatable bonds is 1. The summed E-state index contributed by atoms with van der Waals surface area (Å²) in [5.41, 5.74) is 0. The van der Waals surface area contributed by atoms with Crippen LogP contribution >= 0.6 is 0 Å². The van der Waals surface area contributed by atoms with Crippen molar-refractivity contribution >= 4 is 0 Å². The van der Waals surface area contributed by atoms with Gasteiger partial charge in [-0.1, -0.05) is 20.3 Å². The Balaban J connectivity index is 0.000000396. The lowest BCUT2D eigenvalue weighted by Gasteiger charge is -2.33. The first kappa shape index (κ1) is 11.0. The monoisotopic (exact) mass is 185 g/mol. The summed E-state index contributed by atoms with van der Waals surface area (Å²) < 4.78 is 0. The molecule has 1 unspecified atom stereocenters. The van der Waals surface area contributed by atoms with Crippen molar-refractivity contribution in [2.24, 2.45) is 0 Å². The largest absolute Gasteiger partial charge is 0.395 e. The van der Waals surface area contributed by atoms with E-state index >= 15 is 0 Å². The number of hydrogen-bond donors (Lipinski definition) is 1. The molecule has 2 atom stereocenters.